The van der Waals surface area contributed by atoms with Gasteiger partial charge in [-0.1, -0.05) is 24.1 Å². The predicted molar refractivity (Wildman–Crippen MR) is 139 cm³/mol. The minimum Gasteiger partial charge on any atom is -0.493 e. The van der Waals surface area contributed by atoms with E-state index in [9.17, 15) is 0 Å². The van der Waals surface area contributed by atoms with Crippen LogP contribution in [0.15, 0.2) is 59.1 Å². The molecule has 2 N–H and O–H groups in total. The molecule has 3 aliphatic heterocycles. The largest absolute Gasteiger partial charge is 0.493 e. The Labute approximate surface area is 215 Å². The first-order chi connectivity index (χ1) is 17.7. The zero-order valence-corrected chi connectivity index (χ0v) is 20.9. The van der Waals surface area contributed by atoms with Gasteiger partial charge in [0.1, 0.15) is 18.5 Å². The van der Waals surface area contributed by atoms with Gasteiger partial charge in [0.2, 0.25) is 0 Å². The Morgan fingerprint density at radius 3 is 3.03 bits per heavy atom. The normalized spacial score (nSPS) is 24.9. The van der Waals surface area contributed by atoms with Crippen LogP contribution in [0.4, 0.5) is 5.69 Å². The van der Waals surface area contributed by atoms with Crippen molar-refractivity contribution in [3.05, 3.63) is 64.7 Å². The second-order valence-corrected chi connectivity index (χ2v) is 9.69. The monoisotopic (exact) mass is 508 g/mol. The number of hydrogen-bond acceptors (Lipinski definition) is 8. The van der Waals surface area contributed by atoms with Gasteiger partial charge in [-0.3, -0.25) is 4.98 Å². The summed E-state index contributed by atoms with van der Waals surface area (Å²) in [6.07, 6.45) is 8.94. The van der Waals surface area contributed by atoms with Gasteiger partial charge < -0.3 is 29.6 Å². The summed E-state index contributed by atoms with van der Waals surface area (Å²) in [4.78, 5) is 9.54. The molecule has 4 heterocycles. The third-order valence-electron chi connectivity index (χ3n) is 7.10. The van der Waals surface area contributed by atoms with E-state index < -0.39 is 0 Å². The van der Waals surface area contributed by atoms with Crippen molar-refractivity contribution in [2.45, 2.75) is 31.4 Å². The summed E-state index contributed by atoms with van der Waals surface area (Å²) in [7, 11) is 1.62. The molecule has 0 amide bonds. The highest BCUT2D eigenvalue weighted by atomic mass is 35.5. The Kier molecular flexibility index (Phi) is 6.56. The fourth-order valence-corrected chi connectivity index (χ4v) is 5.63. The van der Waals surface area contributed by atoms with E-state index in [4.69, 9.17) is 35.5 Å². The minimum atomic E-state index is -0.113. The summed E-state index contributed by atoms with van der Waals surface area (Å²) in [5.74, 6) is 1.61. The van der Waals surface area contributed by atoms with Gasteiger partial charge in [0, 0.05) is 35.5 Å². The number of nitrogens with one attached hydrogen (secondary N) is 2. The number of fused-ring (bicyclic) bond motifs is 3. The van der Waals surface area contributed by atoms with Crippen molar-refractivity contribution in [3.8, 4) is 11.5 Å². The average Bonchev–Trinajstić information content (AvgIpc) is 3.53. The smallest absolute Gasteiger partial charge is 0.160 e. The van der Waals surface area contributed by atoms with Gasteiger partial charge >= 0.3 is 0 Å². The number of nitrogens with zero attached hydrogens (tertiary/aromatic N) is 2. The topological polar surface area (TPSA) is 86.2 Å². The Balaban J connectivity index is 1.40. The van der Waals surface area contributed by atoms with Crippen LogP contribution in [-0.2, 0) is 9.47 Å². The molecule has 188 valence electrons. The van der Waals surface area contributed by atoms with E-state index in [1.165, 1.54) is 6.42 Å². The van der Waals surface area contributed by atoms with Crippen LogP contribution >= 0.6 is 11.6 Å². The molecule has 1 saturated carbocycles. The fourth-order valence-electron chi connectivity index (χ4n) is 5.38. The number of aliphatic imine (C=N–C) groups is 1. The number of benzene rings is 1. The lowest BCUT2D eigenvalue weighted by Gasteiger charge is -2.27. The highest BCUT2D eigenvalue weighted by molar-refractivity contribution is 6.32. The molecule has 1 saturated heterocycles. The number of rotatable bonds is 7. The molecular formula is C27H29ClN4O4. The molecule has 1 aromatic carbocycles. The summed E-state index contributed by atoms with van der Waals surface area (Å²) >= 11 is 6.43. The lowest BCUT2D eigenvalue weighted by atomic mass is 9.89. The van der Waals surface area contributed by atoms with Crippen molar-refractivity contribution >= 4 is 28.7 Å². The van der Waals surface area contributed by atoms with Crippen LogP contribution in [0.1, 0.15) is 24.8 Å². The fraction of sp³-hybridized carbons (Fsp3) is 0.407. The first-order valence-corrected chi connectivity index (χ1v) is 12.8. The molecule has 2 fully saturated rings. The molecule has 9 heteroatoms. The number of halogens is 1. The number of anilines is 1. The molecule has 1 unspecified atom stereocenters. The Hall–Kier alpha value is -3.07. The molecular weight excluding hydrogens is 480 g/mol. The van der Waals surface area contributed by atoms with Crippen LogP contribution in [0.3, 0.4) is 0 Å². The number of allylic oxidation sites excluding steroid dienone is 1. The third kappa shape index (κ3) is 4.34. The van der Waals surface area contributed by atoms with Gasteiger partial charge in [-0.2, -0.15) is 0 Å². The highest BCUT2D eigenvalue weighted by Gasteiger charge is 2.40. The van der Waals surface area contributed by atoms with Crippen molar-refractivity contribution < 1.29 is 18.9 Å². The van der Waals surface area contributed by atoms with Gasteiger partial charge in [-0.05, 0) is 31.0 Å². The van der Waals surface area contributed by atoms with Gasteiger partial charge in [0.05, 0.1) is 60.9 Å². The van der Waals surface area contributed by atoms with E-state index in [1.54, 1.807) is 19.5 Å². The maximum Gasteiger partial charge on any atom is 0.160 e. The van der Waals surface area contributed by atoms with E-state index in [0.717, 1.165) is 46.8 Å². The third-order valence-corrected chi connectivity index (χ3v) is 7.40. The second kappa shape index (κ2) is 10.1. The maximum atomic E-state index is 6.43. The Morgan fingerprint density at radius 1 is 1.22 bits per heavy atom. The van der Waals surface area contributed by atoms with Gasteiger partial charge in [-0.25, -0.2) is 4.99 Å². The van der Waals surface area contributed by atoms with E-state index in [0.29, 0.717) is 54.9 Å². The van der Waals surface area contributed by atoms with E-state index >= 15 is 0 Å². The molecule has 3 atom stereocenters. The highest BCUT2D eigenvalue weighted by Crippen LogP contribution is 2.44. The Bertz CT molecular complexity index is 1240. The zero-order chi connectivity index (χ0) is 24.5. The van der Waals surface area contributed by atoms with E-state index in [2.05, 4.69) is 21.8 Å². The van der Waals surface area contributed by atoms with E-state index in [-0.39, 0.29) is 6.10 Å². The van der Waals surface area contributed by atoms with Crippen LogP contribution in [0.2, 0.25) is 5.02 Å². The minimum absolute atomic E-state index is 0.113. The molecule has 0 radical (unpaired) electrons. The van der Waals surface area contributed by atoms with Crippen molar-refractivity contribution in [3.63, 3.8) is 0 Å². The molecule has 8 nitrogen and oxygen atoms in total. The lowest BCUT2D eigenvalue weighted by Crippen LogP contribution is -2.38. The first-order valence-electron chi connectivity index (χ1n) is 12.4. The zero-order valence-electron chi connectivity index (χ0n) is 20.1. The number of pyridine rings is 1. The van der Waals surface area contributed by atoms with E-state index in [1.807, 2.05) is 24.3 Å². The predicted octanol–water partition coefficient (Wildman–Crippen LogP) is 4.43. The molecule has 1 aliphatic carbocycles. The summed E-state index contributed by atoms with van der Waals surface area (Å²) in [5, 5.41) is 7.74. The summed E-state index contributed by atoms with van der Waals surface area (Å²) < 4.78 is 23.1. The number of aromatic nitrogens is 1. The molecule has 6 rings (SSSR count). The van der Waals surface area contributed by atoms with Crippen molar-refractivity contribution in [2.75, 3.05) is 38.9 Å². The van der Waals surface area contributed by atoms with Gasteiger partial charge in [0.25, 0.3) is 0 Å². The Morgan fingerprint density at radius 2 is 2.17 bits per heavy atom. The first kappa shape index (κ1) is 23.3. The molecule has 0 spiro atoms. The number of methoxy groups -OCH3 is 1. The SMILES string of the molecule is COc1c(Cl)cccc1NC1=C(c2ccncc2OCC2COCCO2)N=C2C1=CN[C@@H]1CCC[C@H]21. The molecule has 0 bridgehead atoms. The van der Waals surface area contributed by atoms with Gasteiger partial charge in [0.15, 0.2) is 5.75 Å². The summed E-state index contributed by atoms with van der Waals surface area (Å²) in [6, 6.07) is 8.03. The second-order valence-electron chi connectivity index (χ2n) is 9.29. The van der Waals surface area contributed by atoms with Crippen LogP contribution in [0.25, 0.3) is 5.70 Å². The average molecular weight is 509 g/mol. The standard InChI is InChI=1S/C27H29ClN4O4/c1-33-27-20(28)5-3-7-22(27)31-26-19-12-30-21-6-2-4-17(21)24(19)32-25(26)18-8-9-29-13-23(18)36-15-16-14-34-10-11-35-16/h3,5,7-9,12-13,16-17,21,30-31H,2,4,6,10-11,14-15H2,1H3/t16?,17-,21+/m0/s1. The summed E-state index contributed by atoms with van der Waals surface area (Å²) in [6.45, 7) is 2.09. The van der Waals surface area contributed by atoms with Crippen LogP contribution < -0.4 is 20.1 Å². The van der Waals surface area contributed by atoms with Gasteiger partial charge in [-0.15, -0.1) is 0 Å². The molecule has 4 aliphatic rings. The van der Waals surface area contributed by atoms with Crippen molar-refractivity contribution in [2.24, 2.45) is 10.9 Å². The lowest BCUT2D eigenvalue weighted by molar-refractivity contribution is -0.101. The molecule has 2 aromatic rings. The van der Waals surface area contributed by atoms with Crippen molar-refractivity contribution in [1.29, 1.82) is 0 Å². The maximum absolute atomic E-state index is 6.43. The summed E-state index contributed by atoms with van der Waals surface area (Å²) in [5.41, 5.74) is 5.50. The molecule has 1 aromatic heterocycles. The molecule has 36 heavy (non-hydrogen) atoms. The quantitative estimate of drug-likeness (QED) is 0.572. The van der Waals surface area contributed by atoms with Crippen LogP contribution in [0.5, 0.6) is 11.5 Å². The van der Waals surface area contributed by atoms with Crippen molar-refractivity contribution in [1.82, 2.24) is 10.3 Å². The van der Waals surface area contributed by atoms with Crippen LogP contribution in [-0.4, -0.2) is 56.4 Å². The number of hydrogen-bond donors (Lipinski definition) is 2. The number of para-hydroxylation sites is 1. The number of ether oxygens (including phenoxy) is 4. The van der Waals surface area contributed by atoms with Crippen LogP contribution in [0, 0.1) is 5.92 Å².